The zero-order valence-corrected chi connectivity index (χ0v) is 23.2. The fourth-order valence-electron chi connectivity index (χ4n) is 4.97. The summed E-state index contributed by atoms with van der Waals surface area (Å²) in [6.07, 6.45) is 0. The first-order valence-electron chi connectivity index (χ1n) is 12.9. The normalized spacial score (nSPS) is 13.1. The second-order valence-electron chi connectivity index (χ2n) is 9.32. The lowest BCUT2D eigenvalue weighted by atomic mass is 9.95. The molecule has 1 aliphatic rings. The number of fused-ring (bicyclic) bond motifs is 3. The molecule has 1 aliphatic carbocycles. The van der Waals surface area contributed by atoms with E-state index in [4.69, 9.17) is 15.4 Å². The molecule has 41 heavy (non-hydrogen) atoms. The highest BCUT2D eigenvalue weighted by Gasteiger charge is 2.33. The highest BCUT2D eigenvalue weighted by Crippen LogP contribution is 2.39. The summed E-state index contributed by atoms with van der Waals surface area (Å²) in [5, 5.41) is 8.63. The van der Waals surface area contributed by atoms with Gasteiger partial charge in [-0.05, 0) is 49.2 Å². The SMILES string of the molecule is N=C1C(=NS)c2nc(-c3ccccc3)c(-c3ccc(N(c4ccccc4)c4ccccc4)cc3)nc2-c2nsnc21. The first-order chi connectivity index (χ1) is 20.2. The standard InChI is InChI=1S/C32H21N7S2/c33-25-28(36-40)30-31(32-29(25)37-41-38-32)35-27(26(34-30)20-10-4-1-5-11-20)21-16-18-24(19-17-21)39(22-12-6-2-7-13-22)23-14-8-3-9-15-23/h1-19,33,40H. The molecule has 0 saturated carbocycles. The number of hydrogen-bond acceptors (Lipinski definition) is 9. The molecule has 196 valence electrons. The van der Waals surface area contributed by atoms with Gasteiger partial charge in [-0.1, -0.05) is 78.9 Å². The van der Waals surface area contributed by atoms with Crippen molar-refractivity contribution >= 4 is 53.0 Å². The lowest BCUT2D eigenvalue weighted by Crippen LogP contribution is -2.25. The molecule has 0 unspecified atom stereocenters. The van der Waals surface area contributed by atoms with Gasteiger partial charge >= 0.3 is 0 Å². The summed E-state index contributed by atoms with van der Waals surface area (Å²) >= 11 is 5.20. The van der Waals surface area contributed by atoms with Gasteiger partial charge in [-0.3, -0.25) is 5.41 Å². The topological polar surface area (TPSA) is 91.0 Å². The smallest absolute Gasteiger partial charge is 0.135 e. The molecule has 0 aliphatic heterocycles. The number of rotatable bonds is 5. The maximum atomic E-state index is 8.63. The van der Waals surface area contributed by atoms with Gasteiger partial charge in [-0.15, -0.1) is 0 Å². The molecule has 0 saturated heterocycles. The van der Waals surface area contributed by atoms with Crippen molar-refractivity contribution in [3.63, 3.8) is 0 Å². The fourth-order valence-corrected chi connectivity index (χ4v) is 5.72. The van der Waals surface area contributed by atoms with Crippen LogP contribution in [-0.4, -0.2) is 30.1 Å². The van der Waals surface area contributed by atoms with Crippen LogP contribution in [0.5, 0.6) is 0 Å². The Hall–Kier alpha value is -4.99. The minimum absolute atomic E-state index is 0.142. The molecule has 6 aromatic rings. The van der Waals surface area contributed by atoms with Crippen LogP contribution in [0.1, 0.15) is 11.4 Å². The molecule has 2 aromatic heterocycles. The lowest BCUT2D eigenvalue weighted by molar-refractivity contribution is 1.17. The van der Waals surface area contributed by atoms with E-state index in [2.05, 4.69) is 79.4 Å². The Balaban J connectivity index is 1.40. The van der Waals surface area contributed by atoms with Gasteiger partial charge in [0.2, 0.25) is 0 Å². The minimum Gasteiger partial charge on any atom is -0.311 e. The molecule has 7 nitrogen and oxygen atoms in total. The number of aromatic nitrogens is 4. The van der Waals surface area contributed by atoms with Crippen LogP contribution in [0, 0.1) is 5.41 Å². The summed E-state index contributed by atoms with van der Waals surface area (Å²) < 4.78 is 12.9. The number of hydrogen-bond donors (Lipinski definition) is 2. The molecule has 2 heterocycles. The summed E-state index contributed by atoms with van der Waals surface area (Å²) in [5.74, 6) is 0. The van der Waals surface area contributed by atoms with Crippen molar-refractivity contribution in [3.05, 3.63) is 127 Å². The molecule has 4 aromatic carbocycles. The number of thiol groups is 1. The van der Waals surface area contributed by atoms with Crippen molar-refractivity contribution in [1.82, 2.24) is 18.7 Å². The maximum absolute atomic E-state index is 8.63. The number of nitrogens with one attached hydrogen (secondary N) is 1. The average molecular weight is 568 g/mol. The van der Waals surface area contributed by atoms with Crippen LogP contribution in [0.15, 0.2) is 120 Å². The van der Waals surface area contributed by atoms with E-state index < -0.39 is 0 Å². The Labute approximate surface area is 246 Å². The van der Waals surface area contributed by atoms with Crippen LogP contribution < -0.4 is 4.90 Å². The van der Waals surface area contributed by atoms with E-state index in [1.165, 1.54) is 0 Å². The van der Waals surface area contributed by atoms with Gasteiger partial charge in [-0.2, -0.15) is 8.75 Å². The molecule has 1 N–H and O–H groups in total. The quantitative estimate of drug-likeness (QED) is 0.207. The summed E-state index contributed by atoms with van der Waals surface area (Å²) in [7, 11) is 0. The minimum atomic E-state index is 0.142. The molecule has 0 atom stereocenters. The fraction of sp³-hybridized carbons (Fsp3) is 0. The van der Waals surface area contributed by atoms with E-state index in [-0.39, 0.29) is 5.71 Å². The third-order valence-electron chi connectivity index (χ3n) is 6.88. The highest BCUT2D eigenvalue weighted by molar-refractivity contribution is 7.79. The summed E-state index contributed by atoms with van der Waals surface area (Å²) in [6, 6.07) is 38.8. The number of para-hydroxylation sites is 2. The second kappa shape index (κ2) is 10.5. The number of anilines is 3. The van der Waals surface area contributed by atoms with Gasteiger partial charge in [0.05, 0.1) is 23.1 Å². The Bertz CT molecular complexity index is 1860. The maximum Gasteiger partial charge on any atom is 0.135 e. The van der Waals surface area contributed by atoms with Gasteiger partial charge in [0.15, 0.2) is 0 Å². The predicted molar refractivity (Wildman–Crippen MR) is 169 cm³/mol. The summed E-state index contributed by atoms with van der Waals surface area (Å²) in [5.41, 5.74) is 8.83. The number of nitrogens with zero attached hydrogens (tertiary/aromatic N) is 6. The predicted octanol–water partition coefficient (Wildman–Crippen LogP) is 7.81. The second-order valence-corrected chi connectivity index (χ2v) is 10.1. The summed E-state index contributed by atoms with van der Waals surface area (Å²) in [4.78, 5) is 12.4. The zero-order chi connectivity index (χ0) is 27.8. The van der Waals surface area contributed by atoms with Gasteiger partial charge < -0.3 is 4.90 Å². The van der Waals surface area contributed by atoms with Crippen LogP contribution in [0.3, 0.4) is 0 Å². The van der Waals surface area contributed by atoms with E-state index in [0.717, 1.165) is 39.9 Å². The molecular formula is C32H21N7S2. The van der Waals surface area contributed by atoms with Crippen molar-refractivity contribution in [2.45, 2.75) is 0 Å². The van der Waals surface area contributed by atoms with E-state index in [9.17, 15) is 0 Å². The van der Waals surface area contributed by atoms with Crippen LogP contribution in [0.2, 0.25) is 0 Å². The Morgan fingerprint density at radius 1 is 0.537 bits per heavy atom. The van der Waals surface area contributed by atoms with E-state index in [1.54, 1.807) is 0 Å². The average Bonchev–Trinajstić information content (AvgIpc) is 3.54. The van der Waals surface area contributed by atoms with Crippen molar-refractivity contribution in [1.29, 1.82) is 5.41 Å². The van der Waals surface area contributed by atoms with E-state index in [1.807, 2.05) is 66.7 Å². The van der Waals surface area contributed by atoms with Gasteiger partial charge in [-0.25, -0.2) is 14.4 Å². The molecule has 0 spiro atoms. The van der Waals surface area contributed by atoms with Crippen molar-refractivity contribution in [2.75, 3.05) is 4.90 Å². The largest absolute Gasteiger partial charge is 0.311 e. The van der Waals surface area contributed by atoms with Crippen molar-refractivity contribution in [2.24, 2.45) is 4.40 Å². The van der Waals surface area contributed by atoms with Crippen LogP contribution in [0.4, 0.5) is 17.1 Å². The van der Waals surface area contributed by atoms with Crippen LogP contribution in [0.25, 0.3) is 33.9 Å². The Morgan fingerprint density at radius 2 is 1.02 bits per heavy atom. The van der Waals surface area contributed by atoms with Crippen molar-refractivity contribution < 1.29 is 0 Å². The van der Waals surface area contributed by atoms with E-state index >= 15 is 0 Å². The van der Waals surface area contributed by atoms with Gasteiger partial charge in [0, 0.05) is 28.2 Å². The van der Waals surface area contributed by atoms with Crippen molar-refractivity contribution in [3.8, 4) is 33.9 Å². The van der Waals surface area contributed by atoms with Gasteiger partial charge in [0.25, 0.3) is 0 Å². The Morgan fingerprint density at radius 3 is 1.61 bits per heavy atom. The molecular weight excluding hydrogens is 547 g/mol. The monoisotopic (exact) mass is 567 g/mol. The Kier molecular flexibility index (Phi) is 6.42. The van der Waals surface area contributed by atoms with Crippen LogP contribution >= 0.6 is 24.5 Å². The highest BCUT2D eigenvalue weighted by atomic mass is 32.1. The first-order valence-corrected chi connectivity index (χ1v) is 14.0. The number of benzene rings is 4. The zero-order valence-electron chi connectivity index (χ0n) is 21.5. The molecule has 0 radical (unpaired) electrons. The van der Waals surface area contributed by atoms with Crippen LogP contribution in [-0.2, 0) is 0 Å². The molecule has 0 fully saturated rings. The third kappa shape index (κ3) is 4.41. The van der Waals surface area contributed by atoms with Gasteiger partial charge in [0.1, 0.15) is 34.2 Å². The first kappa shape index (κ1) is 25.0. The summed E-state index contributed by atoms with van der Waals surface area (Å²) in [6.45, 7) is 0. The lowest BCUT2D eigenvalue weighted by Gasteiger charge is -2.25. The molecule has 9 heteroatoms. The molecule has 0 bridgehead atoms. The molecule has 0 amide bonds. The third-order valence-corrected chi connectivity index (χ3v) is 7.61. The molecule has 7 rings (SSSR count). The van der Waals surface area contributed by atoms with E-state index in [0.29, 0.717) is 39.9 Å².